The molecule has 1 fully saturated rings. The van der Waals surface area contributed by atoms with Gasteiger partial charge in [0.2, 0.25) is 0 Å². The Bertz CT molecular complexity index is 7240. The number of anilines is 4. The van der Waals surface area contributed by atoms with Gasteiger partial charge < -0.3 is 69.0 Å². The zero-order valence-corrected chi connectivity index (χ0v) is 74.5. The summed E-state index contributed by atoms with van der Waals surface area (Å²) < 4.78 is 238. The standard InChI is InChI=1S/C31H26F5N7O6.C29H26F5N7O4.C28H23Cl2F5N6O4/c1-40-23-14-37-6-5-18(23)28(45)43(30(40)47)22-4-3-16(42-8-7-38-26(22)42)13-21(29(46)48-2)39-27(44)25-19(32)11-17(12-20(25)33)41-9-10-49-15-24(41)31(34,35)36;1-4-22(29(32,33)34)37-15-12-17(30)23(18(31)13-15)26(42)38-19(27(43)45-3)14-16-7-8-21(24-36-10-11-40(16)24)41-25-20(6-5-9-35-25)39(2)28(41)44;1-3-21(28(33,34)35)38-13-8-17(31)23(18(32)9-13)26(43)40-20(27(44)45-2)10-14-4-5-19(24-37-6-7-41(14)24)39-25(42)22-15(29)11-36-12-16(22)30/h3-8,11-12,14,21,24H,9-10,13,15H2,1-2H3,(H,39,44);5-13,19,22,37H,4,14H2,1-3H3,(H,38,42);4-9,11-12,20-21,38H,3,10H2,1-2H3,(H,39,42)(H,40,43)/t21-,24-;19-,22+;20-,21+/m000/s1. The van der Waals surface area contributed by atoms with Crippen molar-refractivity contribution >= 4 is 126 Å². The van der Waals surface area contributed by atoms with Gasteiger partial charge in [0.05, 0.1) is 89.8 Å². The van der Waals surface area contributed by atoms with Crippen LogP contribution in [0.1, 0.15) is 85.2 Å². The van der Waals surface area contributed by atoms with Crippen molar-refractivity contribution in [2.24, 2.45) is 14.1 Å². The highest BCUT2D eigenvalue weighted by molar-refractivity contribution is 6.40. The van der Waals surface area contributed by atoms with Gasteiger partial charge in [-0.15, -0.1) is 0 Å². The first-order valence-electron chi connectivity index (χ1n) is 41.2. The van der Waals surface area contributed by atoms with Crippen LogP contribution in [0.3, 0.4) is 0 Å². The summed E-state index contributed by atoms with van der Waals surface area (Å²) in [4.78, 5) is 156. The van der Waals surface area contributed by atoms with Crippen LogP contribution in [0.4, 0.5) is 88.6 Å². The second-order valence-electron chi connectivity index (χ2n) is 30.6. The number of morpholine rings is 1. The minimum absolute atomic E-state index is 0.0119. The maximum atomic E-state index is 15.2. The number of pyridine rings is 6. The molecule has 1 aliphatic rings. The van der Waals surface area contributed by atoms with Crippen LogP contribution < -0.4 is 53.7 Å². The normalized spacial score (nSPS) is 14.0. The summed E-state index contributed by atoms with van der Waals surface area (Å²) in [6.07, 6.45) is -0.164. The quantitative estimate of drug-likeness (QED) is 0.0167. The van der Waals surface area contributed by atoms with Gasteiger partial charge in [0.25, 0.3) is 29.2 Å². The molecule has 51 heteroatoms. The Hall–Kier alpha value is -15.4. The first kappa shape index (κ1) is 101. The molecule has 6 atom stereocenters. The molecule has 0 bridgehead atoms. The Labute approximate surface area is 781 Å². The van der Waals surface area contributed by atoms with Crippen LogP contribution in [0.5, 0.6) is 0 Å². The minimum Gasteiger partial charge on any atom is -0.467 e. The Kier molecular flexibility index (Phi) is 30.3. The van der Waals surface area contributed by atoms with Crippen LogP contribution in [0.25, 0.3) is 50.4 Å². The third kappa shape index (κ3) is 21.4. The Morgan fingerprint density at radius 1 is 0.482 bits per heavy atom. The van der Waals surface area contributed by atoms with E-state index in [1.54, 1.807) is 48.1 Å². The molecule has 1 aliphatic heterocycles. The fourth-order valence-corrected chi connectivity index (χ4v) is 15.8. The molecular formula is C88H75Cl2F15N20O14. The van der Waals surface area contributed by atoms with E-state index in [1.807, 2.05) is 10.6 Å². The van der Waals surface area contributed by atoms with Gasteiger partial charge >= 0.3 is 47.8 Å². The monoisotopic (exact) mass is 1990 g/mol. The summed E-state index contributed by atoms with van der Waals surface area (Å²) in [7, 11) is 6.20. The third-order valence-electron chi connectivity index (χ3n) is 22.1. The topological polar surface area (TPSA) is 393 Å². The number of rotatable bonds is 26. The van der Waals surface area contributed by atoms with Crippen molar-refractivity contribution in [2.45, 2.75) is 101 Å². The second kappa shape index (κ2) is 41.6. The summed E-state index contributed by atoms with van der Waals surface area (Å²) in [5.74, 6) is -16.3. The molecule has 15 rings (SSSR count). The van der Waals surface area contributed by atoms with E-state index in [0.717, 1.165) is 30.8 Å². The van der Waals surface area contributed by atoms with Gasteiger partial charge in [0.15, 0.2) is 22.6 Å². The number of amides is 4. The van der Waals surface area contributed by atoms with E-state index in [2.05, 4.69) is 51.2 Å². The number of aromatic nitrogens is 13. The van der Waals surface area contributed by atoms with Crippen molar-refractivity contribution in [2.75, 3.05) is 61.9 Å². The molecule has 730 valence electrons. The number of esters is 3. The number of carbonyl (C=O) groups excluding carboxylic acids is 7. The van der Waals surface area contributed by atoms with Crippen LogP contribution >= 0.6 is 23.2 Å². The highest BCUT2D eigenvalue weighted by atomic mass is 35.5. The fourth-order valence-electron chi connectivity index (χ4n) is 15.3. The molecule has 4 amide bonds. The first-order chi connectivity index (χ1) is 65.9. The van der Waals surface area contributed by atoms with E-state index in [-0.39, 0.29) is 81.8 Å². The van der Waals surface area contributed by atoms with E-state index < -0.39 is 196 Å². The number of carbonyl (C=O) groups is 7. The predicted molar refractivity (Wildman–Crippen MR) is 469 cm³/mol. The lowest BCUT2D eigenvalue weighted by Gasteiger charge is -2.38. The summed E-state index contributed by atoms with van der Waals surface area (Å²) in [5.41, 5.74) is -2.81. The summed E-state index contributed by atoms with van der Waals surface area (Å²) in [5, 5.41) is 13.6. The number of hydrogen-bond acceptors (Lipinski definition) is 23. The minimum atomic E-state index is -4.76. The van der Waals surface area contributed by atoms with Crippen molar-refractivity contribution in [1.29, 1.82) is 0 Å². The average molecular weight is 1990 g/mol. The molecule has 0 aliphatic carbocycles. The maximum absolute atomic E-state index is 15.2. The molecule has 0 saturated carbocycles. The van der Waals surface area contributed by atoms with Gasteiger partial charge in [-0.25, -0.2) is 79.4 Å². The molecule has 0 unspecified atom stereocenters. The molecule has 11 aromatic heterocycles. The maximum Gasteiger partial charge on any atom is 0.411 e. The van der Waals surface area contributed by atoms with Crippen LogP contribution in [-0.2, 0) is 66.7 Å². The Balaban J connectivity index is 0.000000176. The number of imidazole rings is 4. The van der Waals surface area contributed by atoms with Crippen molar-refractivity contribution < 1.29 is 118 Å². The number of alkyl halides is 9. The molecule has 34 nitrogen and oxygen atoms in total. The SMILES string of the molecule is CC[C@@H](Nc1cc(F)c(C(=O)N[C@@H](Cc2ccc(-n3c(=O)n(C)c4cccnc43)c3nccn23)C(=O)OC)c(F)c1)C(F)(F)F.CC[C@@H](Nc1cc(F)c(C(=O)N[C@@H](Cc2ccc(NC(=O)c3c(Cl)cncc3Cl)c3nccn23)C(=O)OC)c(F)c1)C(F)(F)F.COC(=O)[C@H](Cc1ccc(-n2c(=O)c3ccncc3n(C)c2=O)c2nccn12)NC(=O)c1c(F)cc(N2CCOC[C@H]2C(F)(F)F)cc1F. The van der Waals surface area contributed by atoms with Crippen molar-refractivity contribution in [3.05, 3.63) is 275 Å². The third-order valence-corrected chi connectivity index (χ3v) is 22.7. The van der Waals surface area contributed by atoms with Crippen molar-refractivity contribution in [1.82, 2.24) is 77.3 Å². The Morgan fingerprint density at radius 2 is 0.892 bits per heavy atom. The van der Waals surface area contributed by atoms with Crippen LogP contribution in [0.2, 0.25) is 10.0 Å². The summed E-state index contributed by atoms with van der Waals surface area (Å²) in [6, 6.07) is 6.59. The van der Waals surface area contributed by atoms with Crippen molar-refractivity contribution in [3.8, 4) is 11.4 Å². The number of aryl methyl sites for hydroxylation is 2. The number of nitrogens with one attached hydrogen (secondary N) is 6. The zero-order valence-electron chi connectivity index (χ0n) is 73.0. The van der Waals surface area contributed by atoms with Gasteiger partial charge in [0.1, 0.15) is 87.8 Å². The molecule has 14 aromatic rings. The summed E-state index contributed by atoms with van der Waals surface area (Å²) in [6.45, 7) is 1.33. The van der Waals surface area contributed by atoms with Crippen LogP contribution in [0, 0.1) is 34.9 Å². The van der Waals surface area contributed by atoms with E-state index in [9.17, 15) is 105 Å². The molecule has 1 saturated heterocycles. The molecule has 0 radical (unpaired) electrons. The molecular weight excluding hydrogens is 1920 g/mol. The second-order valence-corrected chi connectivity index (χ2v) is 31.5. The highest BCUT2D eigenvalue weighted by Gasteiger charge is 2.47. The fraction of sp³-hybridized carbons (Fsp3) is 0.273. The van der Waals surface area contributed by atoms with E-state index in [4.69, 9.17) is 42.1 Å². The van der Waals surface area contributed by atoms with E-state index in [1.165, 1.54) is 130 Å². The average Bonchev–Trinajstić information content (AvgIpc) is 1.65. The molecule has 6 N–H and O–H groups in total. The van der Waals surface area contributed by atoms with Crippen LogP contribution in [0.15, 0.2) is 174 Å². The largest absolute Gasteiger partial charge is 0.467 e. The Morgan fingerprint density at radius 3 is 1.33 bits per heavy atom. The number of halogens is 17. The number of ether oxygens (including phenoxy) is 4. The lowest BCUT2D eigenvalue weighted by Crippen LogP contribution is -2.53. The lowest BCUT2D eigenvalue weighted by molar-refractivity contribution is -0.167. The number of fused-ring (bicyclic) bond motifs is 5. The molecule has 0 spiro atoms. The summed E-state index contributed by atoms with van der Waals surface area (Å²) >= 11 is 12.1. The highest BCUT2D eigenvalue weighted by Crippen LogP contribution is 2.36. The van der Waals surface area contributed by atoms with E-state index in [0.29, 0.717) is 81.5 Å². The van der Waals surface area contributed by atoms with Crippen molar-refractivity contribution in [3.63, 3.8) is 0 Å². The smallest absolute Gasteiger partial charge is 0.411 e. The zero-order chi connectivity index (χ0) is 101. The first-order valence-corrected chi connectivity index (χ1v) is 41.9. The van der Waals surface area contributed by atoms with Gasteiger partial charge in [-0.2, -0.15) is 39.5 Å². The van der Waals surface area contributed by atoms with Gasteiger partial charge in [-0.1, -0.05) is 37.0 Å². The van der Waals surface area contributed by atoms with Gasteiger partial charge in [-0.3, -0.25) is 43.1 Å². The number of nitrogens with zero attached hydrogens (tertiary/aromatic N) is 14. The van der Waals surface area contributed by atoms with E-state index >= 15 is 8.78 Å². The number of benzene rings is 3. The predicted octanol–water partition coefficient (Wildman–Crippen LogP) is 12.0. The number of methoxy groups -OCH3 is 3. The van der Waals surface area contributed by atoms with Gasteiger partial charge in [-0.05, 0) is 104 Å². The molecule has 139 heavy (non-hydrogen) atoms. The van der Waals surface area contributed by atoms with Crippen LogP contribution in [-0.4, -0.2) is 199 Å². The van der Waals surface area contributed by atoms with Gasteiger partial charge in [0, 0.05) is 136 Å². The molecule has 12 heterocycles. The number of hydrogen-bond donors (Lipinski definition) is 6. The lowest BCUT2D eigenvalue weighted by atomic mass is 10.1. The molecule has 3 aromatic carbocycles.